The van der Waals surface area contributed by atoms with Crippen LogP contribution in [-0.4, -0.2) is 24.0 Å². The predicted molar refractivity (Wildman–Crippen MR) is 119 cm³/mol. The normalized spacial score (nSPS) is 10.6. The maximum Gasteiger partial charge on any atom is 0.346 e. The van der Waals surface area contributed by atoms with Crippen LogP contribution in [-0.2, 0) is 9.59 Å². The van der Waals surface area contributed by atoms with Crippen molar-refractivity contribution >= 4 is 52.9 Å². The van der Waals surface area contributed by atoms with E-state index < -0.39 is 23.6 Å². The van der Waals surface area contributed by atoms with Crippen molar-refractivity contribution in [3.63, 3.8) is 0 Å². The van der Waals surface area contributed by atoms with Crippen LogP contribution in [0.25, 0.3) is 0 Å². The second kappa shape index (κ2) is 10.5. The smallest absolute Gasteiger partial charge is 0.346 e. The first-order valence-electron chi connectivity index (χ1n) is 9.00. The molecule has 0 spiro atoms. The standard InChI is InChI=1S/C22H14Cl2FN3O4/c23-16-5-3-7-18(19(16)24)27-20(29)21(30)28-26-12-13-8-10-14(11-9-13)32-22(31)15-4-1-2-6-17(15)25/h1-12H,(H,27,29)(H,28,30). The SMILES string of the molecule is O=C(NN=Cc1ccc(OC(=O)c2ccccc2F)cc1)C(=O)Nc1cccc(Cl)c1Cl. The van der Waals surface area contributed by atoms with Crippen molar-refractivity contribution < 1.29 is 23.5 Å². The number of nitrogens with zero attached hydrogens (tertiary/aromatic N) is 1. The Morgan fingerprint density at radius 3 is 2.34 bits per heavy atom. The summed E-state index contributed by atoms with van der Waals surface area (Å²) < 4.78 is 18.8. The molecular formula is C22H14Cl2FN3O4. The van der Waals surface area contributed by atoms with Gasteiger partial charge in [-0.15, -0.1) is 0 Å². The molecule has 32 heavy (non-hydrogen) atoms. The molecule has 0 saturated carbocycles. The lowest BCUT2D eigenvalue weighted by Crippen LogP contribution is -2.32. The number of amides is 2. The number of halogens is 3. The quantitative estimate of drug-likeness (QED) is 0.188. The summed E-state index contributed by atoms with van der Waals surface area (Å²) in [6, 6.07) is 16.1. The first kappa shape index (κ1) is 22.9. The van der Waals surface area contributed by atoms with E-state index >= 15 is 0 Å². The van der Waals surface area contributed by atoms with E-state index in [1.54, 1.807) is 18.2 Å². The molecule has 0 atom stereocenters. The molecular weight excluding hydrogens is 460 g/mol. The van der Waals surface area contributed by atoms with E-state index in [0.717, 1.165) is 6.07 Å². The molecule has 0 radical (unpaired) electrons. The van der Waals surface area contributed by atoms with Crippen LogP contribution in [0.15, 0.2) is 71.8 Å². The molecule has 0 saturated heterocycles. The van der Waals surface area contributed by atoms with Crippen LogP contribution in [0.4, 0.5) is 10.1 Å². The number of carbonyl (C=O) groups excluding carboxylic acids is 3. The summed E-state index contributed by atoms with van der Waals surface area (Å²) in [6.07, 6.45) is 1.28. The highest BCUT2D eigenvalue weighted by molar-refractivity contribution is 6.45. The van der Waals surface area contributed by atoms with E-state index in [9.17, 15) is 18.8 Å². The van der Waals surface area contributed by atoms with Crippen LogP contribution in [0.2, 0.25) is 10.0 Å². The van der Waals surface area contributed by atoms with Crippen molar-refractivity contribution in [1.29, 1.82) is 0 Å². The maximum absolute atomic E-state index is 13.6. The zero-order valence-electron chi connectivity index (χ0n) is 16.1. The largest absolute Gasteiger partial charge is 0.423 e. The molecule has 0 aromatic heterocycles. The Morgan fingerprint density at radius 2 is 1.62 bits per heavy atom. The van der Waals surface area contributed by atoms with Crippen LogP contribution < -0.4 is 15.5 Å². The number of hydrogen-bond acceptors (Lipinski definition) is 5. The van der Waals surface area contributed by atoms with Crippen LogP contribution >= 0.6 is 23.2 Å². The third kappa shape index (κ3) is 5.90. The van der Waals surface area contributed by atoms with Crippen molar-refractivity contribution in [2.75, 3.05) is 5.32 Å². The number of esters is 1. The van der Waals surface area contributed by atoms with E-state index in [4.69, 9.17) is 27.9 Å². The molecule has 0 bridgehead atoms. The van der Waals surface area contributed by atoms with E-state index in [2.05, 4.69) is 15.8 Å². The second-order valence-corrected chi connectivity index (χ2v) is 6.98. The van der Waals surface area contributed by atoms with Crippen molar-refractivity contribution in [2.24, 2.45) is 5.10 Å². The van der Waals surface area contributed by atoms with Gasteiger partial charge in [0.05, 0.1) is 27.5 Å². The van der Waals surface area contributed by atoms with Gasteiger partial charge in [0.2, 0.25) is 0 Å². The van der Waals surface area contributed by atoms with Gasteiger partial charge in [0.25, 0.3) is 0 Å². The average Bonchev–Trinajstić information content (AvgIpc) is 2.78. The van der Waals surface area contributed by atoms with Crippen molar-refractivity contribution in [1.82, 2.24) is 5.43 Å². The minimum atomic E-state index is -1.02. The average molecular weight is 474 g/mol. The number of nitrogens with one attached hydrogen (secondary N) is 2. The molecule has 10 heteroatoms. The monoisotopic (exact) mass is 473 g/mol. The fourth-order valence-corrected chi connectivity index (χ4v) is 2.75. The minimum absolute atomic E-state index is 0.106. The Bertz CT molecular complexity index is 1200. The summed E-state index contributed by atoms with van der Waals surface area (Å²) >= 11 is 11.8. The Kier molecular flexibility index (Phi) is 7.54. The Labute approximate surface area is 191 Å². The summed E-state index contributed by atoms with van der Waals surface area (Å²) in [7, 11) is 0. The van der Waals surface area contributed by atoms with E-state index in [1.165, 1.54) is 48.7 Å². The predicted octanol–water partition coefficient (Wildman–Crippen LogP) is 4.44. The zero-order chi connectivity index (χ0) is 23.1. The maximum atomic E-state index is 13.6. The number of rotatable bonds is 5. The van der Waals surface area contributed by atoms with Crippen molar-refractivity contribution in [3.8, 4) is 5.75 Å². The van der Waals surface area contributed by atoms with Crippen molar-refractivity contribution in [2.45, 2.75) is 0 Å². The number of carbonyl (C=O) groups is 3. The summed E-state index contributed by atoms with van der Waals surface area (Å²) in [4.78, 5) is 35.8. The van der Waals surface area contributed by atoms with Gasteiger partial charge in [-0.05, 0) is 54.1 Å². The second-order valence-electron chi connectivity index (χ2n) is 6.19. The molecule has 7 nitrogen and oxygen atoms in total. The van der Waals surface area contributed by atoms with Crippen LogP contribution in [0.1, 0.15) is 15.9 Å². The first-order chi connectivity index (χ1) is 15.3. The van der Waals surface area contributed by atoms with Gasteiger partial charge in [-0.2, -0.15) is 5.10 Å². The molecule has 0 aliphatic heterocycles. The number of anilines is 1. The number of ether oxygens (including phenoxy) is 1. The van der Waals surface area contributed by atoms with Gasteiger partial charge in [0, 0.05) is 0 Å². The molecule has 3 aromatic rings. The lowest BCUT2D eigenvalue weighted by Gasteiger charge is -2.07. The summed E-state index contributed by atoms with van der Waals surface area (Å²) in [5, 5.41) is 6.35. The fraction of sp³-hybridized carbons (Fsp3) is 0. The summed E-state index contributed by atoms with van der Waals surface area (Å²) in [5.74, 6) is -3.33. The van der Waals surface area contributed by atoms with Gasteiger partial charge >= 0.3 is 17.8 Å². The third-order valence-electron chi connectivity index (χ3n) is 3.97. The van der Waals surface area contributed by atoms with E-state index in [0.29, 0.717) is 5.56 Å². The van der Waals surface area contributed by atoms with Crippen LogP contribution in [0, 0.1) is 5.82 Å². The molecule has 0 fully saturated rings. The first-order valence-corrected chi connectivity index (χ1v) is 9.76. The molecule has 2 amide bonds. The van der Waals surface area contributed by atoms with Gasteiger partial charge in [-0.1, -0.05) is 41.4 Å². The molecule has 0 unspecified atom stereocenters. The van der Waals surface area contributed by atoms with Gasteiger partial charge in [0.1, 0.15) is 11.6 Å². The summed E-state index contributed by atoms with van der Waals surface area (Å²) in [5.41, 5.74) is 2.61. The molecule has 2 N–H and O–H groups in total. The highest BCUT2D eigenvalue weighted by atomic mass is 35.5. The summed E-state index contributed by atoms with van der Waals surface area (Å²) in [6.45, 7) is 0. The highest BCUT2D eigenvalue weighted by Gasteiger charge is 2.15. The Morgan fingerprint density at radius 1 is 0.906 bits per heavy atom. The van der Waals surface area contributed by atoms with Gasteiger partial charge < -0.3 is 10.1 Å². The Balaban J connectivity index is 1.53. The molecule has 162 valence electrons. The molecule has 0 aliphatic carbocycles. The van der Waals surface area contributed by atoms with Crippen LogP contribution in [0.5, 0.6) is 5.75 Å². The minimum Gasteiger partial charge on any atom is -0.423 e. The topological polar surface area (TPSA) is 96.9 Å². The molecule has 0 heterocycles. The number of hydrogen-bond donors (Lipinski definition) is 2. The van der Waals surface area contributed by atoms with Crippen LogP contribution in [0.3, 0.4) is 0 Å². The molecule has 0 aliphatic rings. The van der Waals surface area contributed by atoms with E-state index in [-0.39, 0.29) is 27.0 Å². The molecule has 3 aromatic carbocycles. The van der Waals surface area contributed by atoms with Crippen molar-refractivity contribution in [3.05, 3.63) is 93.7 Å². The number of benzene rings is 3. The molecule has 3 rings (SSSR count). The highest BCUT2D eigenvalue weighted by Crippen LogP contribution is 2.29. The lowest BCUT2D eigenvalue weighted by atomic mass is 10.2. The van der Waals surface area contributed by atoms with Gasteiger partial charge in [0.15, 0.2) is 0 Å². The van der Waals surface area contributed by atoms with E-state index in [1.807, 2.05) is 0 Å². The number of hydrazone groups is 1. The fourth-order valence-electron chi connectivity index (χ4n) is 2.41. The third-order valence-corrected chi connectivity index (χ3v) is 4.79. The van der Waals surface area contributed by atoms with Gasteiger partial charge in [-0.3, -0.25) is 9.59 Å². The Hall–Kier alpha value is -3.75. The van der Waals surface area contributed by atoms with Gasteiger partial charge in [-0.25, -0.2) is 14.6 Å². The lowest BCUT2D eigenvalue weighted by molar-refractivity contribution is -0.136. The zero-order valence-corrected chi connectivity index (χ0v) is 17.7.